The molecular weight excluding hydrogens is 372 g/mol. The molecule has 0 atom stereocenters. The second-order valence-electron chi connectivity index (χ2n) is 7.34. The Morgan fingerprint density at radius 3 is 2.64 bits per heavy atom. The zero-order valence-corrected chi connectivity index (χ0v) is 16.7. The van der Waals surface area contributed by atoms with Crippen LogP contribution in [0, 0.1) is 6.92 Å². The first-order chi connectivity index (χ1) is 13.6. The van der Waals surface area contributed by atoms with E-state index in [0.29, 0.717) is 42.1 Å². The molecule has 0 spiro atoms. The van der Waals surface area contributed by atoms with Gasteiger partial charge in [-0.15, -0.1) is 0 Å². The second kappa shape index (κ2) is 8.19. The Balaban J connectivity index is 1.39. The summed E-state index contributed by atoms with van der Waals surface area (Å²) in [5.74, 6) is 1.35. The number of aromatic nitrogens is 1. The molecule has 0 N–H and O–H groups in total. The number of halogens is 1. The van der Waals surface area contributed by atoms with Crippen molar-refractivity contribution >= 4 is 17.5 Å². The highest BCUT2D eigenvalue weighted by Crippen LogP contribution is 2.30. The van der Waals surface area contributed by atoms with Crippen molar-refractivity contribution in [2.24, 2.45) is 0 Å². The summed E-state index contributed by atoms with van der Waals surface area (Å²) in [7, 11) is 0. The van der Waals surface area contributed by atoms with Gasteiger partial charge >= 0.3 is 0 Å². The molecule has 1 amide bonds. The van der Waals surface area contributed by atoms with Gasteiger partial charge in [0.25, 0.3) is 0 Å². The molecule has 3 aromatic rings. The molecule has 1 aromatic heterocycles. The van der Waals surface area contributed by atoms with E-state index in [4.69, 9.17) is 16.0 Å². The summed E-state index contributed by atoms with van der Waals surface area (Å²) < 4.78 is 5.82. The van der Waals surface area contributed by atoms with Gasteiger partial charge in [-0.1, -0.05) is 53.6 Å². The van der Waals surface area contributed by atoms with Crippen LogP contribution in [0.15, 0.2) is 59.1 Å². The lowest BCUT2D eigenvalue weighted by atomic mass is 10.1. The Bertz CT molecular complexity index is 961. The lowest BCUT2D eigenvalue weighted by Crippen LogP contribution is -2.32. The first-order valence-electron chi connectivity index (χ1n) is 9.65. The third-order valence-electron chi connectivity index (χ3n) is 5.03. The summed E-state index contributed by atoms with van der Waals surface area (Å²) >= 11 is 6.22. The van der Waals surface area contributed by atoms with Gasteiger partial charge in [0, 0.05) is 31.0 Å². The Labute approximate surface area is 170 Å². The summed E-state index contributed by atoms with van der Waals surface area (Å²) in [6, 6.07) is 16.3. The number of nitrogens with zero attached hydrogens (tertiary/aromatic N) is 2. The minimum atomic E-state index is 0.153. The molecule has 4 rings (SSSR count). The minimum absolute atomic E-state index is 0.153. The Hall–Kier alpha value is -2.59. The molecule has 28 heavy (non-hydrogen) atoms. The van der Waals surface area contributed by atoms with E-state index in [9.17, 15) is 4.79 Å². The fourth-order valence-corrected chi connectivity index (χ4v) is 3.50. The predicted molar refractivity (Wildman–Crippen MR) is 110 cm³/mol. The topological polar surface area (TPSA) is 46.3 Å². The first kappa shape index (κ1) is 18.8. The average Bonchev–Trinajstić information content (AvgIpc) is 3.43. The second-order valence-corrected chi connectivity index (χ2v) is 7.74. The van der Waals surface area contributed by atoms with Crippen molar-refractivity contribution in [2.75, 3.05) is 0 Å². The monoisotopic (exact) mass is 394 g/mol. The molecule has 144 valence electrons. The van der Waals surface area contributed by atoms with Crippen LogP contribution in [-0.2, 0) is 17.8 Å². The number of benzene rings is 2. The van der Waals surface area contributed by atoms with Crippen LogP contribution >= 0.6 is 11.6 Å². The van der Waals surface area contributed by atoms with E-state index in [1.165, 1.54) is 11.1 Å². The van der Waals surface area contributed by atoms with Crippen molar-refractivity contribution in [3.63, 3.8) is 0 Å². The molecule has 1 heterocycles. The van der Waals surface area contributed by atoms with Crippen LogP contribution in [0.5, 0.6) is 0 Å². The average molecular weight is 395 g/mol. The summed E-state index contributed by atoms with van der Waals surface area (Å²) in [4.78, 5) is 19.2. The lowest BCUT2D eigenvalue weighted by Gasteiger charge is -2.22. The molecule has 0 bridgehead atoms. The van der Waals surface area contributed by atoms with E-state index < -0.39 is 0 Å². The number of rotatable bonds is 7. The molecule has 1 aliphatic carbocycles. The van der Waals surface area contributed by atoms with Gasteiger partial charge in [-0.05, 0) is 37.5 Å². The van der Waals surface area contributed by atoms with Gasteiger partial charge in [0.05, 0.1) is 11.2 Å². The number of oxazole rings is 1. The molecule has 4 nitrogen and oxygen atoms in total. The van der Waals surface area contributed by atoms with E-state index >= 15 is 0 Å². The predicted octanol–water partition coefficient (Wildman–Crippen LogP) is 5.43. The molecule has 0 aliphatic heterocycles. The molecule has 2 aromatic carbocycles. The van der Waals surface area contributed by atoms with Gasteiger partial charge in [0.15, 0.2) is 11.7 Å². The molecule has 1 fully saturated rings. The van der Waals surface area contributed by atoms with Gasteiger partial charge in [0.1, 0.15) is 0 Å². The minimum Gasteiger partial charge on any atom is -0.441 e. The van der Waals surface area contributed by atoms with E-state index in [-0.39, 0.29) is 5.91 Å². The maximum atomic E-state index is 12.8. The van der Waals surface area contributed by atoms with Gasteiger partial charge in [-0.25, -0.2) is 4.98 Å². The molecule has 5 heteroatoms. The maximum absolute atomic E-state index is 12.8. The van der Waals surface area contributed by atoms with Crippen LogP contribution < -0.4 is 0 Å². The summed E-state index contributed by atoms with van der Waals surface area (Å²) in [5.41, 5.74) is 3.21. The number of carbonyl (C=O) groups excluding carboxylic acids is 1. The summed E-state index contributed by atoms with van der Waals surface area (Å²) in [5, 5.41) is 0.624. The van der Waals surface area contributed by atoms with Gasteiger partial charge in [0.2, 0.25) is 5.91 Å². The van der Waals surface area contributed by atoms with Crippen LogP contribution in [0.2, 0.25) is 5.02 Å². The highest BCUT2D eigenvalue weighted by Gasteiger charge is 2.32. The molecule has 1 aliphatic rings. The van der Waals surface area contributed by atoms with Crippen molar-refractivity contribution in [1.82, 2.24) is 9.88 Å². The molecular formula is C23H23ClN2O2. The van der Waals surface area contributed by atoms with Gasteiger partial charge in [-0.3, -0.25) is 4.79 Å². The summed E-state index contributed by atoms with van der Waals surface area (Å²) in [6.45, 7) is 2.74. The van der Waals surface area contributed by atoms with Crippen molar-refractivity contribution in [2.45, 2.75) is 45.2 Å². The molecule has 0 saturated heterocycles. The highest BCUT2D eigenvalue weighted by molar-refractivity contribution is 6.33. The Kier molecular flexibility index (Phi) is 5.49. The molecule has 0 unspecified atom stereocenters. The fraction of sp³-hybridized carbons (Fsp3) is 0.304. The highest BCUT2D eigenvalue weighted by atomic mass is 35.5. The van der Waals surface area contributed by atoms with Crippen LogP contribution in [0.4, 0.5) is 0 Å². The van der Waals surface area contributed by atoms with Gasteiger partial charge < -0.3 is 9.32 Å². The van der Waals surface area contributed by atoms with Crippen LogP contribution in [0.25, 0.3) is 11.3 Å². The molecule has 1 saturated carbocycles. The number of aryl methyl sites for hydroxylation is 2. The largest absolute Gasteiger partial charge is 0.441 e. The maximum Gasteiger partial charge on any atom is 0.223 e. The van der Waals surface area contributed by atoms with E-state index in [1.807, 2.05) is 29.2 Å². The summed E-state index contributed by atoms with van der Waals surface area (Å²) in [6.07, 6.45) is 4.73. The SMILES string of the molecule is Cc1ccc(CN(C(=O)CCc2ncc(-c3ccccc3Cl)o2)C2CC2)cc1. The lowest BCUT2D eigenvalue weighted by molar-refractivity contribution is -0.132. The zero-order chi connectivity index (χ0) is 19.5. The third-order valence-corrected chi connectivity index (χ3v) is 5.36. The van der Waals surface area contributed by atoms with E-state index in [0.717, 1.165) is 18.4 Å². The smallest absolute Gasteiger partial charge is 0.223 e. The Morgan fingerprint density at radius 2 is 1.93 bits per heavy atom. The number of hydrogen-bond donors (Lipinski definition) is 0. The van der Waals surface area contributed by atoms with Crippen molar-refractivity contribution in [1.29, 1.82) is 0 Å². The number of amides is 1. The van der Waals surface area contributed by atoms with Crippen molar-refractivity contribution in [3.8, 4) is 11.3 Å². The van der Waals surface area contributed by atoms with Gasteiger partial charge in [-0.2, -0.15) is 0 Å². The number of hydrogen-bond acceptors (Lipinski definition) is 3. The first-order valence-corrected chi connectivity index (χ1v) is 10.0. The van der Waals surface area contributed by atoms with Crippen LogP contribution in [0.1, 0.15) is 36.3 Å². The van der Waals surface area contributed by atoms with Crippen molar-refractivity contribution in [3.05, 3.63) is 76.8 Å². The van der Waals surface area contributed by atoms with Crippen molar-refractivity contribution < 1.29 is 9.21 Å². The third kappa shape index (κ3) is 4.45. The normalized spacial score (nSPS) is 13.5. The molecule has 0 radical (unpaired) electrons. The standard InChI is InChI=1S/C23H23ClN2O2/c1-16-6-8-17(9-7-16)15-26(18-10-11-18)23(27)13-12-22-25-14-21(28-22)19-4-2-3-5-20(19)24/h2-9,14,18H,10-13,15H2,1H3. The van der Waals surface area contributed by atoms with E-state index in [2.05, 4.69) is 36.2 Å². The number of carbonyl (C=O) groups is 1. The Morgan fingerprint density at radius 1 is 1.18 bits per heavy atom. The quantitative estimate of drug-likeness (QED) is 0.537. The van der Waals surface area contributed by atoms with E-state index in [1.54, 1.807) is 6.20 Å². The van der Waals surface area contributed by atoms with Crippen LogP contribution in [0.3, 0.4) is 0 Å². The van der Waals surface area contributed by atoms with Crippen LogP contribution in [-0.4, -0.2) is 21.8 Å². The zero-order valence-electron chi connectivity index (χ0n) is 15.9. The fourth-order valence-electron chi connectivity index (χ4n) is 3.27.